The molecular weight excluding hydrogens is 207 g/mol. The zero-order valence-corrected chi connectivity index (χ0v) is 7.05. The second-order valence-corrected chi connectivity index (χ2v) is 3.21. The third-order valence-electron chi connectivity index (χ3n) is 0.914. The van der Waals surface area contributed by atoms with E-state index in [0.717, 1.165) is 0 Å². The van der Waals surface area contributed by atoms with E-state index in [9.17, 15) is 14.2 Å². The highest BCUT2D eigenvalue weighted by atomic mass is 31.2. The van der Waals surface area contributed by atoms with Crippen LogP contribution in [0.5, 0.6) is 0 Å². The van der Waals surface area contributed by atoms with Crippen LogP contribution in [0.15, 0.2) is 0 Å². The zero-order valence-electron chi connectivity index (χ0n) is 6.15. The monoisotopic (exact) mass is 214 g/mol. The highest BCUT2D eigenvalue weighted by Crippen LogP contribution is 2.35. The van der Waals surface area contributed by atoms with Gasteiger partial charge in [0.2, 0.25) is 0 Å². The molecule has 0 aromatic rings. The molecule has 9 heteroatoms. The van der Waals surface area contributed by atoms with E-state index < -0.39 is 32.3 Å². The minimum absolute atomic E-state index is 1.06. The molecule has 0 aliphatic heterocycles. The lowest BCUT2D eigenvalue weighted by molar-refractivity contribution is -0.154. The van der Waals surface area contributed by atoms with Crippen molar-refractivity contribution < 1.29 is 38.7 Å². The number of aliphatic carboxylic acids is 1. The number of carboxylic acid groups (broad SMARTS) is 1. The third kappa shape index (κ3) is 5.45. The number of carbonyl (C=O) groups excluding carboxylic acids is 1. The van der Waals surface area contributed by atoms with Crippen LogP contribution in [-0.2, 0) is 18.7 Å². The Kier molecular flexibility index (Phi) is 4.18. The van der Waals surface area contributed by atoms with E-state index in [1.807, 2.05) is 0 Å². The molecule has 13 heavy (non-hydrogen) atoms. The number of phosphoric ester groups is 1. The highest BCUT2D eigenvalue weighted by Gasteiger charge is 2.25. The van der Waals surface area contributed by atoms with Crippen LogP contribution in [0.2, 0.25) is 0 Å². The highest BCUT2D eigenvalue weighted by molar-refractivity contribution is 7.46. The molecule has 0 unspecified atom stereocenters. The molecule has 0 bridgehead atoms. The molecule has 8 nitrogen and oxygen atoms in total. The van der Waals surface area contributed by atoms with Crippen LogP contribution in [0, 0.1) is 0 Å². The van der Waals surface area contributed by atoms with Crippen molar-refractivity contribution in [2.24, 2.45) is 0 Å². The van der Waals surface area contributed by atoms with Crippen LogP contribution in [0.25, 0.3) is 0 Å². The van der Waals surface area contributed by atoms with Crippen molar-refractivity contribution in [3.8, 4) is 0 Å². The third-order valence-corrected chi connectivity index (χ3v) is 1.40. The molecule has 0 amide bonds. The van der Waals surface area contributed by atoms with Gasteiger partial charge in [0.05, 0.1) is 6.61 Å². The summed E-state index contributed by atoms with van der Waals surface area (Å²) in [4.78, 5) is 36.5. The topological polar surface area (TPSA) is 141 Å². The van der Waals surface area contributed by atoms with Gasteiger partial charge in [-0.15, -0.1) is 0 Å². The summed E-state index contributed by atoms with van der Waals surface area (Å²) in [7, 11) is -4.79. The minimum atomic E-state index is -4.79. The molecule has 0 rings (SSSR count). The summed E-state index contributed by atoms with van der Waals surface area (Å²) in [6.07, 6.45) is -2.08. The molecule has 0 heterocycles. The first kappa shape index (κ1) is 12.2. The van der Waals surface area contributed by atoms with Crippen molar-refractivity contribution in [1.29, 1.82) is 0 Å². The number of ketones is 1. The van der Waals surface area contributed by atoms with E-state index >= 15 is 0 Å². The Morgan fingerprint density at radius 3 is 2.15 bits per heavy atom. The van der Waals surface area contributed by atoms with Gasteiger partial charge in [-0.1, -0.05) is 0 Å². The van der Waals surface area contributed by atoms with Gasteiger partial charge in [0, 0.05) is 0 Å². The first-order valence-corrected chi connectivity index (χ1v) is 4.42. The molecule has 4 N–H and O–H groups in total. The van der Waals surface area contributed by atoms with Crippen molar-refractivity contribution in [3.05, 3.63) is 0 Å². The Balaban J connectivity index is 4.03. The van der Waals surface area contributed by atoms with Crippen LogP contribution in [-0.4, -0.2) is 44.5 Å². The molecule has 0 saturated heterocycles. The molecule has 0 aliphatic carbocycles. The van der Waals surface area contributed by atoms with E-state index in [1.54, 1.807) is 0 Å². The van der Waals surface area contributed by atoms with Gasteiger partial charge in [0.25, 0.3) is 5.78 Å². The molecule has 0 aromatic heterocycles. The molecule has 0 saturated carbocycles. The van der Waals surface area contributed by atoms with E-state index in [-0.39, 0.29) is 0 Å². The summed E-state index contributed by atoms with van der Waals surface area (Å²) >= 11 is 0. The number of Topliss-reactive ketones (excluding diaryl/α,β-unsaturated/α-hetero) is 1. The van der Waals surface area contributed by atoms with E-state index in [4.69, 9.17) is 20.0 Å². The molecular formula is C4H7O8P. The summed E-state index contributed by atoms with van der Waals surface area (Å²) in [5.41, 5.74) is 0. The fraction of sp³-hybridized carbons (Fsp3) is 0.500. The minimum Gasteiger partial charge on any atom is -0.475 e. The van der Waals surface area contributed by atoms with Gasteiger partial charge in [-0.25, -0.2) is 9.36 Å². The Bertz CT molecular complexity index is 253. The number of hydrogen-bond acceptors (Lipinski definition) is 5. The maximum atomic E-state index is 10.4. The summed E-state index contributed by atoms with van der Waals surface area (Å²) in [6.45, 7) is -1.06. The standard InChI is InChI=1S/C4H7O8P/c5-2(3(6)4(7)8)1-12-13(9,10)11/h2,5H,1H2,(H,7,8)(H2,9,10,11)/t2-/m0/s1. The zero-order chi connectivity index (χ0) is 10.6. The van der Waals surface area contributed by atoms with Gasteiger partial charge < -0.3 is 20.0 Å². The van der Waals surface area contributed by atoms with Crippen LogP contribution < -0.4 is 0 Å². The maximum Gasteiger partial charge on any atom is 0.469 e. The average molecular weight is 214 g/mol. The fourth-order valence-electron chi connectivity index (χ4n) is 0.386. The number of carbonyl (C=O) groups is 2. The quantitative estimate of drug-likeness (QED) is 0.307. The molecule has 0 aromatic carbocycles. The summed E-state index contributed by atoms with van der Waals surface area (Å²) in [6, 6.07) is 0. The van der Waals surface area contributed by atoms with Crippen molar-refractivity contribution in [2.75, 3.05) is 6.61 Å². The van der Waals surface area contributed by atoms with Crippen LogP contribution in [0.4, 0.5) is 0 Å². The second kappa shape index (κ2) is 4.45. The number of carboxylic acids is 1. The van der Waals surface area contributed by atoms with Gasteiger partial charge in [0.1, 0.15) is 6.10 Å². The van der Waals surface area contributed by atoms with Crippen LogP contribution in [0.1, 0.15) is 0 Å². The molecule has 1 atom stereocenters. The van der Waals surface area contributed by atoms with Crippen LogP contribution >= 0.6 is 7.82 Å². The molecule has 0 fully saturated rings. The van der Waals surface area contributed by atoms with Gasteiger partial charge in [-0.2, -0.15) is 0 Å². The number of hydrogen-bond donors (Lipinski definition) is 4. The number of aliphatic hydroxyl groups is 1. The predicted molar refractivity (Wildman–Crippen MR) is 36.6 cm³/mol. The van der Waals surface area contributed by atoms with Crippen molar-refractivity contribution >= 4 is 19.6 Å². The van der Waals surface area contributed by atoms with Gasteiger partial charge in [-0.3, -0.25) is 9.32 Å². The first-order chi connectivity index (χ1) is 5.74. The second-order valence-electron chi connectivity index (χ2n) is 1.97. The summed E-state index contributed by atoms with van der Waals surface area (Å²) in [5, 5.41) is 16.7. The van der Waals surface area contributed by atoms with E-state index in [1.165, 1.54) is 0 Å². The van der Waals surface area contributed by atoms with Crippen molar-refractivity contribution in [1.82, 2.24) is 0 Å². The lowest BCUT2D eigenvalue weighted by Crippen LogP contribution is -2.31. The van der Waals surface area contributed by atoms with Crippen LogP contribution in [0.3, 0.4) is 0 Å². The summed E-state index contributed by atoms with van der Waals surface area (Å²) in [5.74, 6) is -3.49. The first-order valence-electron chi connectivity index (χ1n) is 2.89. The smallest absolute Gasteiger partial charge is 0.469 e. The number of phosphoric acid groups is 1. The Morgan fingerprint density at radius 1 is 1.38 bits per heavy atom. The number of aliphatic hydroxyl groups excluding tert-OH is 1. The van der Waals surface area contributed by atoms with E-state index in [0.29, 0.717) is 0 Å². The SMILES string of the molecule is O=C(O)C(=O)[C@@H](O)COP(=O)(O)O. The Labute approximate surface area is 72.0 Å². The normalized spacial score (nSPS) is 13.8. The largest absolute Gasteiger partial charge is 0.475 e. The van der Waals surface area contributed by atoms with Crippen molar-refractivity contribution in [3.63, 3.8) is 0 Å². The lowest BCUT2D eigenvalue weighted by Gasteiger charge is -2.07. The summed E-state index contributed by atoms with van der Waals surface area (Å²) < 4.78 is 13.7. The van der Waals surface area contributed by atoms with Gasteiger partial charge >= 0.3 is 13.8 Å². The van der Waals surface area contributed by atoms with E-state index in [2.05, 4.69) is 4.52 Å². The predicted octanol–water partition coefficient (Wildman–Crippen LogP) is -1.89. The average Bonchev–Trinajstić information content (AvgIpc) is 1.97. The lowest BCUT2D eigenvalue weighted by atomic mass is 10.2. The van der Waals surface area contributed by atoms with Crippen molar-refractivity contribution in [2.45, 2.75) is 6.10 Å². The molecule has 0 spiro atoms. The fourth-order valence-corrected chi connectivity index (χ4v) is 0.721. The number of rotatable bonds is 5. The molecule has 0 aliphatic rings. The molecule has 0 radical (unpaired) electrons. The Morgan fingerprint density at radius 2 is 1.85 bits per heavy atom. The Hall–Kier alpha value is -0.790. The molecule has 76 valence electrons. The van der Waals surface area contributed by atoms with Gasteiger partial charge in [-0.05, 0) is 0 Å². The van der Waals surface area contributed by atoms with Gasteiger partial charge in [0.15, 0.2) is 0 Å². The maximum absolute atomic E-state index is 10.4.